The molecule has 2 saturated heterocycles. The molecule has 16 nitrogen and oxygen atoms in total. The van der Waals surface area contributed by atoms with Crippen LogP contribution in [-0.2, 0) is 77.7 Å². The lowest BCUT2D eigenvalue weighted by molar-refractivity contribution is -0.208. The number of likely N-dealkylation sites (tertiary alicyclic amines) is 2. The molecule has 7 aromatic rings. The molecule has 4 N–H and O–H groups in total. The highest BCUT2D eigenvalue weighted by atomic mass is 16.6. The molecule has 2 aliphatic heterocycles. The van der Waals surface area contributed by atoms with Crippen molar-refractivity contribution in [1.29, 1.82) is 0 Å². The average Bonchev–Trinajstić information content (AvgIpc) is 3.46. The predicted octanol–water partition coefficient (Wildman–Crippen LogP) is 11.0. The van der Waals surface area contributed by atoms with Gasteiger partial charge in [0.1, 0.15) is 24.4 Å². The van der Waals surface area contributed by atoms with Gasteiger partial charge in [0.2, 0.25) is 0 Å². The lowest BCUT2D eigenvalue weighted by Crippen LogP contribution is -2.68. The first-order valence-corrected chi connectivity index (χ1v) is 29.4. The summed E-state index contributed by atoms with van der Waals surface area (Å²) in [6, 6.07) is 61.3. The minimum absolute atomic E-state index is 0.0137. The van der Waals surface area contributed by atoms with Gasteiger partial charge in [-0.1, -0.05) is 202 Å². The summed E-state index contributed by atoms with van der Waals surface area (Å²) in [5.74, 6) is -0.515. The maximum Gasteiger partial charge on any atom is 0.319 e. The molecule has 7 aromatic carbocycles. The Bertz CT molecular complexity index is 2960. The first kappa shape index (κ1) is 61.3. The second-order valence-corrected chi connectivity index (χ2v) is 21.3. The van der Waals surface area contributed by atoms with Gasteiger partial charge in [0.25, 0.3) is 11.8 Å². The summed E-state index contributed by atoms with van der Waals surface area (Å²) in [5.41, 5.74) is 6.99. The highest BCUT2D eigenvalue weighted by Crippen LogP contribution is 2.33. The van der Waals surface area contributed by atoms with Crippen LogP contribution in [0, 0.1) is 6.92 Å². The Balaban J connectivity index is 0.910. The van der Waals surface area contributed by atoms with Crippen molar-refractivity contribution in [3.05, 3.63) is 239 Å². The number of ether oxygens (including phenoxy) is 6. The number of rotatable bonds is 28. The summed E-state index contributed by atoms with van der Waals surface area (Å²) in [7, 11) is 0. The van der Waals surface area contributed by atoms with E-state index in [4.69, 9.17) is 28.4 Å². The van der Waals surface area contributed by atoms with Gasteiger partial charge in [-0.2, -0.15) is 0 Å². The van der Waals surface area contributed by atoms with Crippen LogP contribution in [-0.4, -0.2) is 109 Å². The molecule has 0 radical (unpaired) electrons. The normalized spacial score (nSPS) is 20.4. The van der Waals surface area contributed by atoms with Crippen molar-refractivity contribution in [2.75, 3.05) is 36.8 Å². The van der Waals surface area contributed by atoms with E-state index in [1.807, 2.05) is 196 Å². The zero-order chi connectivity index (χ0) is 59.2. The molecule has 0 spiro atoms. The van der Waals surface area contributed by atoms with E-state index in [1.165, 1.54) is 0 Å². The molecule has 8 atom stereocenters. The summed E-state index contributed by atoms with van der Waals surface area (Å²) in [6.07, 6.45) is -3.94. The van der Waals surface area contributed by atoms with Crippen molar-refractivity contribution in [2.24, 2.45) is 0 Å². The van der Waals surface area contributed by atoms with Gasteiger partial charge in [0.15, 0.2) is 12.2 Å². The quantitative estimate of drug-likeness (QED) is 0.0369. The Hall–Kier alpha value is -8.22. The van der Waals surface area contributed by atoms with E-state index in [9.17, 15) is 19.2 Å². The Labute approximate surface area is 499 Å². The van der Waals surface area contributed by atoms with Crippen LogP contribution in [0.4, 0.5) is 21.0 Å². The predicted molar refractivity (Wildman–Crippen MR) is 327 cm³/mol. The SMILES string of the molecule is CCCN1C(=O)[C@H](OCc2ccccc2)[C@@H](OCc2ccccc2)[C@H](OCc2ccccc2)[C@H]1CNC(=O)Nc1cccc(NC(=O)NC[C@@H]2[C@@H](OCc3ccccc3)[C@H](OCc3ccccc3)[C@@H](OCc3ccccc3)C(=O)N2CCC)c1C. The van der Waals surface area contributed by atoms with Crippen molar-refractivity contribution >= 4 is 35.3 Å². The first-order valence-electron chi connectivity index (χ1n) is 29.4. The summed E-state index contributed by atoms with van der Waals surface area (Å²) in [5, 5.41) is 12.1. The topological polar surface area (TPSA) is 178 Å². The third-order valence-electron chi connectivity index (χ3n) is 15.2. The summed E-state index contributed by atoms with van der Waals surface area (Å²) < 4.78 is 40.2. The van der Waals surface area contributed by atoms with Gasteiger partial charge >= 0.3 is 12.1 Å². The van der Waals surface area contributed by atoms with Gasteiger partial charge in [-0.25, -0.2) is 9.59 Å². The number of nitrogens with zero attached hydrogens (tertiary/aromatic N) is 2. The van der Waals surface area contributed by atoms with Gasteiger partial charge in [0, 0.05) is 37.6 Å². The minimum Gasteiger partial charge on any atom is -0.368 e. The van der Waals surface area contributed by atoms with E-state index in [0.717, 1.165) is 33.4 Å². The number of hydrogen-bond acceptors (Lipinski definition) is 10. The van der Waals surface area contributed by atoms with E-state index in [1.54, 1.807) is 34.9 Å². The highest BCUT2D eigenvalue weighted by Gasteiger charge is 2.52. The molecule has 9 rings (SSSR count). The molecule has 85 heavy (non-hydrogen) atoms. The fraction of sp³-hybridized carbons (Fsp3) is 0.333. The third-order valence-corrected chi connectivity index (χ3v) is 15.2. The molecule has 0 aromatic heterocycles. The van der Waals surface area contributed by atoms with Crippen LogP contribution in [0.2, 0.25) is 0 Å². The molecule has 2 fully saturated rings. The molecule has 0 unspecified atom stereocenters. The van der Waals surface area contributed by atoms with Crippen LogP contribution in [0.25, 0.3) is 0 Å². The van der Waals surface area contributed by atoms with Crippen molar-refractivity contribution in [1.82, 2.24) is 20.4 Å². The van der Waals surface area contributed by atoms with Gasteiger partial charge in [-0.05, 0) is 70.8 Å². The zero-order valence-electron chi connectivity index (χ0n) is 48.6. The lowest BCUT2D eigenvalue weighted by Gasteiger charge is -2.48. The minimum atomic E-state index is -1.01. The van der Waals surface area contributed by atoms with Gasteiger partial charge in [-0.3, -0.25) is 9.59 Å². The Morgan fingerprint density at radius 3 is 0.929 bits per heavy atom. The van der Waals surface area contributed by atoms with Crippen molar-refractivity contribution in [3.63, 3.8) is 0 Å². The number of benzene rings is 7. The molecule has 0 saturated carbocycles. The van der Waals surface area contributed by atoms with E-state index in [-0.39, 0.29) is 64.5 Å². The number of carbonyl (C=O) groups is 4. The van der Waals surface area contributed by atoms with Crippen LogP contribution in [0.3, 0.4) is 0 Å². The van der Waals surface area contributed by atoms with Crippen molar-refractivity contribution in [2.45, 2.75) is 122 Å². The van der Waals surface area contributed by atoms with Gasteiger partial charge in [-0.15, -0.1) is 0 Å². The van der Waals surface area contributed by atoms with E-state index >= 15 is 0 Å². The number of amides is 6. The second-order valence-electron chi connectivity index (χ2n) is 21.3. The maximum absolute atomic E-state index is 14.8. The molecule has 0 bridgehead atoms. The maximum atomic E-state index is 14.8. The Morgan fingerprint density at radius 1 is 0.376 bits per heavy atom. The fourth-order valence-corrected chi connectivity index (χ4v) is 10.9. The van der Waals surface area contributed by atoms with Crippen LogP contribution < -0.4 is 21.3 Å². The smallest absolute Gasteiger partial charge is 0.319 e. The largest absolute Gasteiger partial charge is 0.368 e. The van der Waals surface area contributed by atoms with E-state index in [2.05, 4.69) is 21.3 Å². The van der Waals surface area contributed by atoms with Gasteiger partial charge < -0.3 is 59.5 Å². The molecule has 6 amide bonds. The summed E-state index contributed by atoms with van der Waals surface area (Å²) >= 11 is 0. The molecule has 2 heterocycles. The standard InChI is InChI=1S/C69H78N6O10/c1-4-39-74-58(60(80-43-50-25-12-6-13-26-50)62(82-45-52-29-16-8-17-30-52)64(66(74)76)84-47-54-33-20-10-21-34-54)41-70-68(78)72-56-37-24-38-57(49(56)3)73-69(79)71-42-59-61(81-44-51-27-14-7-15-28-51)63(83-46-53-31-18-9-19-32-53)65(67(77)75(59)40-5-2)85-48-55-35-22-11-23-36-55/h6-38,58-65H,4-5,39-48H2,1-3H3,(H2,70,72,78)(H2,71,73,79)/t58-,59-,60-,61-,62+,63+,64-,65-/m1/s1. The lowest BCUT2D eigenvalue weighted by atomic mass is 9.91. The van der Waals surface area contributed by atoms with Crippen molar-refractivity contribution in [3.8, 4) is 0 Å². The monoisotopic (exact) mass is 1150 g/mol. The number of piperidine rings is 2. The number of anilines is 2. The summed E-state index contributed by atoms with van der Waals surface area (Å²) in [6.45, 7) is 7.77. The molecular formula is C69H78N6O10. The molecular weight excluding hydrogens is 1070 g/mol. The Morgan fingerprint density at radius 2 is 0.647 bits per heavy atom. The van der Waals surface area contributed by atoms with E-state index < -0.39 is 60.8 Å². The first-order chi connectivity index (χ1) is 41.7. The zero-order valence-corrected chi connectivity index (χ0v) is 48.6. The van der Waals surface area contributed by atoms with Crippen LogP contribution in [0.5, 0.6) is 0 Å². The summed E-state index contributed by atoms with van der Waals surface area (Å²) in [4.78, 5) is 61.5. The van der Waals surface area contributed by atoms with Crippen LogP contribution in [0.1, 0.15) is 65.6 Å². The number of nitrogens with one attached hydrogen (secondary N) is 4. The molecule has 0 aliphatic carbocycles. The van der Waals surface area contributed by atoms with Crippen LogP contribution in [0.15, 0.2) is 200 Å². The molecule has 444 valence electrons. The number of urea groups is 2. The number of carbonyl (C=O) groups excluding carboxylic acids is 4. The van der Waals surface area contributed by atoms with Crippen molar-refractivity contribution < 1.29 is 47.6 Å². The second kappa shape index (κ2) is 31.6. The molecule has 2 aliphatic rings. The van der Waals surface area contributed by atoms with E-state index in [0.29, 0.717) is 42.9 Å². The Kier molecular flexibility index (Phi) is 22.8. The van der Waals surface area contributed by atoms with Gasteiger partial charge in [0.05, 0.1) is 51.7 Å². The number of hydrogen-bond donors (Lipinski definition) is 4. The average molecular weight is 1150 g/mol. The molecule has 16 heteroatoms. The fourth-order valence-electron chi connectivity index (χ4n) is 10.9. The highest BCUT2D eigenvalue weighted by molar-refractivity contribution is 5.95. The third kappa shape index (κ3) is 17.0. The van der Waals surface area contributed by atoms with Crippen LogP contribution >= 0.6 is 0 Å².